The van der Waals surface area contributed by atoms with Crippen LogP contribution < -0.4 is 0 Å². The van der Waals surface area contributed by atoms with Crippen LogP contribution in [0.4, 0.5) is 0 Å². The maximum absolute atomic E-state index is 11.2. The lowest BCUT2D eigenvalue weighted by molar-refractivity contribution is 0.0593. The van der Waals surface area contributed by atoms with Crippen LogP contribution in [0.3, 0.4) is 0 Å². The Morgan fingerprint density at radius 3 is 3.06 bits per heavy atom. The number of ether oxygens (including phenoxy) is 1. The molecule has 0 amide bonds. The first-order valence-electron chi connectivity index (χ1n) is 4.62. The molecule has 0 aromatic carbocycles. The van der Waals surface area contributed by atoms with E-state index in [9.17, 15) is 4.79 Å². The minimum Gasteiger partial charge on any atom is -0.464 e. The van der Waals surface area contributed by atoms with E-state index in [2.05, 4.69) is 26.7 Å². The molecule has 0 aliphatic heterocycles. The topological polar surface area (TPSA) is 56.5 Å². The van der Waals surface area contributed by atoms with E-state index in [1.807, 2.05) is 0 Å². The summed E-state index contributed by atoms with van der Waals surface area (Å²) in [7, 11) is 1.31. The van der Waals surface area contributed by atoms with Gasteiger partial charge in [0.1, 0.15) is 5.69 Å². The fraction of sp³-hybridized carbons (Fsp3) is 0.182. The molecule has 0 fully saturated rings. The Labute approximate surface area is 92.1 Å². The Morgan fingerprint density at radius 2 is 2.38 bits per heavy atom. The lowest BCUT2D eigenvalue weighted by atomic mass is 10.4. The minimum absolute atomic E-state index is 0.233. The number of methoxy groups -OCH3 is 1. The molecule has 16 heavy (non-hydrogen) atoms. The van der Waals surface area contributed by atoms with E-state index in [0.717, 1.165) is 0 Å². The van der Waals surface area contributed by atoms with Crippen LogP contribution in [0.1, 0.15) is 23.1 Å². The summed E-state index contributed by atoms with van der Waals surface area (Å²) in [5.74, 6) is 5.11. The molecule has 0 aliphatic rings. The molecule has 0 N–H and O–H groups in total. The van der Waals surface area contributed by atoms with Crippen molar-refractivity contribution in [3.63, 3.8) is 0 Å². The highest BCUT2D eigenvalue weighted by atomic mass is 16.5. The molecule has 2 aromatic rings. The van der Waals surface area contributed by atoms with Gasteiger partial charge in [0.2, 0.25) is 0 Å². The summed E-state index contributed by atoms with van der Waals surface area (Å²) in [6.45, 7) is 1.74. The molecule has 0 spiro atoms. The van der Waals surface area contributed by atoms with E-state index in [1.165, 1.54) is 11.6 Å². The summed E-state index contributed by atoms with van der Waals surface area (Å²) < 4.78 is 6.08. The molecule has 2 heterocycles. The maximum Gasteiger partial charge on any atom is 0.358 e. The van der Waals surface area contributed by atoms with Gasteiger partial charge < -0.3 is 4.74 Å². The Bertz CT molecular complexity index is 604. The monoisotopic (exact) mass is 215 g/mol. The van der Waals surface area contributed by atoms with E-state index in [4.69, 9.17) is 0 Å². The first-order chi connectivity index (χ1) is 7.74. The number of aromatic nitrogens is 3. The molecule has 2 aromatic heterocycles. The summed E-state index contributed by atoms with van der Waals surface area (Å²) in [6.07, 6.45) is 1.70. The quantitative estimate of drug-likeness (QED) is 0.523. The van der Waals surface area contributed by atoms with Crippen LogP contribution in [-0.2, 0) is 4.74 Å². The van der Waals surface area contributed by atoms with Crippen molar-refractivity contribution in [2.45, 2.75) is 6.92 Å². The van der Waals surface area contributed by atoms with Gasteiger partial charge in [-0.2, -0.15) is 5.10 Å². The Balaban J connectivity index is 2.52. The van der Waals surface area contributed by atoms with Crippen LogP contribution in [0.5, 0.6) is 0 Å². The van der Waals surface area contributed by atoms with Crippen molar-refractivity contribution in [2.24, 2.45) is 0 Å². The third-order valence-electron chi connectivity index (χ3n) is 1.97. The second-order valence-electron chi connectivity index (χ2n) is 3.01. The van der Waals surface area contributed by atoms with Crippen LogP contribution >= 0.6 is 0 Å². The van der Waals surface area contributed by atoms with Gasteiger partial charge in [-0.3, -0.25) is 0 Å². The highest BCUT2D eigenvalue weighted by Gasteiger charge is 2.11. The normalized spacial score (nSPS) is 9.62. The number of esters is 1. The molecule has 0 radical (unpaired) electrons. The fourth-order valence-electron chi connectivity index (χ4n) is 1.28. The van der Waals surface area contributed by atoms with E-state index >= 15 is 0 Å². The number of carbonyl (C=O) groups excluding carboxylic acids is 1. The Morgan fingerprint density at radius 1 is 1.56 bits per heavy atom. The SMILES string of the molecule is CC#Cc1ccn2nc(C(=O)OC)cc2n1. The van der Waals surface area contributed by atoms with Crippen molar-refractivity contribution < 1.29 is 9.53 Å². The average Bonchev–Trinajstić information content (AvgIpc) is 2.71. The van der Waals surface area contributed by atoms with Crippen LogP contribution in [0, 0.1) is 11.8 Å². The summed E-state index contributed by atoms with van der Waals surface area (Å²) in [4.78, 5) is 15.5. The molecule has 5 nitrogen and oxygen atoms in total. The van der Waals surface area contributed by atoms with Crippen molar-refractivity contribution in [3.05, 3.63) is 29.7 Å². The van der Waals surface area contributed by atoms with E-state index in [1.54, 1.807) is 25.3 Å². The zero-order chi connectivity index (χ0) is 11.5. The number of fused-ring (bicyclic) bond motifs is 1. The van der Waals surface area contributed by atoms with Gasteiger partial charge in [0.05, 0.1) is 7.11 Å². The highest BCUT2D eigenvalue weighted by Crippen LogP contribution is 2.05. The zero-order valence-electron chi connectivity index (χ0n) is 8.89. The van der Waals surface area contributed by atoms with Gasteiger partial charge >= 0.3 is 5.97 Å². The number of rotatable bonds is 1. The molecule has 0 saturated heterocycles. The molecule has 80 valence electrons. The van der Waals surface area contributed by atoms with Gasteiger partial charge in [-0.15, -0.1) is 0 Å². The number of carbonyl (C=O) groups is 1. The molecule has 0 bridgehead atoms. The second-order valence-corrected chi connectivity index (χ2v) is 3.01. The van der Waals surface area contributed by atoms with Gasteiger partial charge in [-0.25, -0.2) is 14.3 Å². The van der Waals surface area contributed by atoms with Crippen LogP contribution in [-0.4, -0.2) is 27.7 Å². The van der Waals surface area contributed by atoms with Gasteiger partial charge in [0, 0.05) is 12.3 Å². The highest BCUT2D eigenvalue weighted by molar-refractivity contribution is 5.88. The Hall–Kier alpha value is -2.35. The molecule has 0 saturated carbocycles. The largest absolute Gasteiger partial charge is 0.464 e. The van der Waals surface area contributed by atoms with E-state index in [0.29, 0.717) is 11.3 Å². The van der Waals surface area contributed by atoms with Crippen molar-refractivity contribution in [1.29, 1.82) is 0 Å². The first-order valence-corrected chi connectivity index (χ1v) is 4.62. The van der Waals surface area contributed by atoms with Crippen LogP contribution in [0.15, 0.2) is 18.3 Å². The molecule has 5 heteroatoms. The average molecular weight is 215 g/mol. The molecular weight excluding hydrogens is 206 g/mol. The molecule has 2 rings (SSSR count). The number of hydrogen-bond donors (Lipinski definition) is 0. The predicted octanol–water partition coefficient (Wildman–Crippen LogP) is 0.887. The third kappa shape index (κ3) is 1.73. The number of hydrogen-bond acceptors (Lipinski definition) is 4. The lowest BCUT2D eigenvalue weighted by Crippen LogP contribution is -2.01. The molecule has 0 unspecified atom stereocenters. The predicted molar refractivity (Wildman–Crippen MR) is 56.9 cm³/mol. The second kappa shape index (κ2) is 4.03. The van der Waals surface area contributed by atoms with Gasteiger partial charge in [-0.1, -0.05) is 5.92 Å². The Kier molecular flexibility index (Phi) is 2.56. The minimum atomic E-state index is -0.478. The standard InChI is InChI=1S/C11H9N3O2/c1-3-4-8-5-6-14-10(12-8)7-9(13-14)11(15)16-2/h5-7H,1-2H3. The zero-order valence-corrected chi connectivity index (χ0v) is 8.89. The van der Waals surface area contributed by atoms with E-state index < -0.39 is 5.97 Å². The first kappa shape index (κ1) is 10.2. The number of nitrogens with zero attached hydrogens (tertiary/aromatic N) is 3. The molecular formula is C11H9N3O2. The van der Waals surface area contributed by atoms with Gasteiger partial charge in [0.25, 0.3) is 0 Å². The van der Waals surface area contributed by atoms with Crippen molar-refractivity contribution in [1.82, 2.24) is 14.6 Å². The summed E-state index contributed by atoms with van der Waals surface area (Å²) in [5, 5.41) is 4.02. The van der Waals surface area contributed by atoms with Crippen molar-refractivity contribution in [2.75, 3.05) is 7.11 Å². The summed E-state index contributed by atoms with van der Waals surface area (Å²) >= 11 is 0. The van der Waals surface area contributed by atoms with Crippen LogP contribution in [0.2, 0.25) is 0 Å². The van der Waals surface area contributed by atoms with Crippen LogP contribution in [0.25, 0.3) is 5.65 Å². The lowest BCUT2D eigenvalue weighted by Gasteiger charge is -1.92. The van der Waals surface area contributed by atoms with Gasteiger partial charge in [0.15, 0.2) is 11.3 Å². The van der Waals surface area contributed by atoms with E-state index in [-0.39, 0.29) is 5.69 Å². The van der Waals surface area contributed by atoms with Gasteiger partial charge in [-0.05, 0) is 18.9 Å². The fourth-order valence-corrected chi connectivity index (χ4v) is 1.28. The maximum atomic E-state index is 11.2. The molecule has 0 aliphatic carbocycles. The molecule has 0 atom stereocenters. The summed E-state index contributed by atoms with van der Waals surface area (Å²) in [5.41, 5.74) is 1.45. The van der Waals surface area contributed by atoms with Crippen molar-refractivity contribution >= 4 is 11.6 Å². The summed E-state index contributed by atoms with van der Waals surface area (Å²) in [6, 6.07) is 3.30. The van der Waals surface area contributed by atoms with Crippen molar-refractivity contribution in [3.8, 4) is 11.8 Å². The third-order valence-corrected chi connectivity index (χ3v) is 1.97. The smallest absolute Gasteiger partial charge is 0.358 e.